The van der Waals surface area contributed by atoms with Crippen LogP contribution in [0.15, 0.2) is 48.1 Å². The zero-order valence-electron chi connectivity index (χ0n) is 15.2. The number of hydrogen-bond donors (Lipinski definition) is 0. The molecule has 0 atom stereocenters. The molecule has 4 rings (SSSR count). The van der Waals surface area contributed by atoms with E-state index in [2.05, 4.69) is 19.9 Å². The molecule has 1 fully saturated rings. The van der Waals surface area contributed by atoms with Crippen LogP contribution in [0.4, 0.5) is 5.82 Å². The van der Waals surface area contributed by atoms with Crippen molar-refractivity contribution in [3.63, 3.8) is 0 Å². The van der Waals surface area contributed by atoms with Crippen LogP contribution in [-0.2, 0) is 17.1 Å². The van der Waals surface area contributed by atoms with Crippen LogP contribution >= 0.6 is 0 Å². The van der Waals surface area contributed by atoms with Gasteiger partial charge in [0, 0.05) is 57.9 Å². The van der Waals surface area contributed by atoms with E-state index >= 15 is 0 Å². The highest BCUT2D eigenvalue weighted by molar-refractivity contribution is 7.89. The van der Waals surface area contributed by atoms with Gasteiger partial charge < -0.3 is 14.0 Å². The molecular weight excluding hydrogens is 366 g/mol. The molecule has 9 nitrogen and oxygen atoms in total. The van der Waals surface area contributed by atoms with Gasteiger partial charge in [-0.15, -0.1) is 0 Å². The normalized spacial score (nSPS) is 16.0. The lowest BCUT2D eigenvalue weighted by molar-refractivity contribution is 0.382. The fourth-order valence-corrected chi connectivity index (χ4v) is 4.52. The Kier molecular flexibility index (Phi) is 4.44. The standard InChI is InChI=1S/C17H21N7O2S/c1-14-19-15(22-5-3-4-6-22)11-16(20-14)23-7-9-24(10-8-23)27(25,26)17-12-21(2)13-18-17/h3-6,11-13H,7-10H2,1-2H3. The topological polar surface area (TPSA) is 89.2 Å². The van der Waals surface area contributed by atoms with E-state index in [-0.39, 0.29) is 5.03 Å². The molecule has 0 aliphatic carbocycles. The predicted molar refractivity (Wildman–Crippen MR) is 100 cm³/mol. The summed E-state index contributed by atoms with van der Waals surface area (Å²) < 4.78 is 30.5. The van der Waals surface area contributed by atoms with Gasteiger partial charge in [-0.1, -0.05) is 0 Å². The molecule has 0 unspecified atom stereocenters. The maximum absolute atomic E-state index is 12.7. The summed E-state index contributed by atoms with van der Waals surface area (Å²) in [6, 6.07) is 5.81. The molecule has 0 N–H and O–H groups in total. The molecular formula is C17H21N7O2S. The van der Waals surface area contributed by atoms with Crippen LogP contribution in [0, 0.1) is 6.92 Å². The molecule has 10 heteroatoms. The van der Waals surface area contributed by atoms with Crippen molar-refractivity contribution in [1.82, 2.24) is 28.4 Å². The largest absolute Gasteiger partial charge is 0.354 e. The highest BCUT2D eigenvalue weighted by Crippen LogP contribution is 2.20. The van der Waals surface area contributed by atoms with Gasteiger partial charge in [0.25, 0.3) is 10.0 Å². The monoisotopic (exact) mass is 387 g/mol. The number of aromatic nitrogens is 5. The molecule has 0 aromatic carbocycles. The number of hydrogen-bond acceptors (Lipinski definition) is 6. The summed E-state index contributed by atoms with van der Waals surface area (Å²) in [7, 11) is -1.81. The smallest absolute Gasteiger partial charge is 0.262 e. The lowest BCUT2D eigenvalue weighted by Crippen LogP contribution is -2.49. The SMILES string of the molecule is Cc1nc(N2CCN(S(=O)(=O)c3cn(C)cn3)CC2)cc(-n2cccc2)n1. The minimum absolute atomic E-state index is 0.0891. The van der Waals surface area contributed by atoms with Gasteiger partial charge in [0.2, 0.25) is 0 Å². The fraction of sp³-hybridized carbons (Fsp3) is 0.353. The van der Waals surface area contributed by atoms with Crippen LogP contribution in [0.25, 0.3) is 5.82 Å². The third-order valence-electron chi connectivity index (χ3n) is 4.53. The second-order valence-corrected chi connectivity index (χ2v) is 8.38. The molecule has 27 heavy (non-hydrogen) atoms. The number of imidazole rings is 1. The Bertz CT molecular complexity index is 1040. The maximum Gasteiger partial charge on any atom is 0.262 e. The van der Waals surface area contributed by atoms with Crippen LogP contribution in [0.2, 0.25) is 0 Å². The van der Waals surface area contributed by atoms with Crippen LogP contribution in [-0.4, -0.2) is 63.0 Å². The Morgan fingerprint density at radius 2 is 1.67 bits per heavy atom. The Balaban J connectivity index is 1.51. The van der Waals surface area contributed by atoms with Crippen molar-refractivity contribution < 1.29 is 8.42 Å². The summed E-state index contributed by atoms with van der Waals surface area (Å²) in [5.74, 6) is 2.28. The first-order chi connectivity index (χ1) is 12.9. The lowest BCUT2D eigenvalue weighted by atomic mass is 10.3. The van der Waals surface area contributed by atoms with Crippen molar-refractivity contribution in [3.05, 3.63) is 48.9 Å². The number of piperazine rings is 1. The zero-order valence-corrected chi connectivity index (χ0v) is 16.0. The van der Waals surface area contributed by atoms with E-state index in [0.29, 0.717) is 32.0 Å². The number of anilines is 1. The Morgan fingerprint density at radius 1 is 1.00 bits per heavy atom. The van der Waals surface area contributed by atoms with Crippen molar-refractivity contribution in [2.45, 2.75) is 11.9 Å². The molecule has 4 heterocycles. The molecule has 0 bridgehead atoms. The second kappa shape index (κ2) is 6.78. The van der Waals surface area contributed by atoms with E-state index in [9.17, 15) is 8.42 Å². The third-order valence-corrected chi connectivity index (χ3v) is 6.31. The van der Waals surface area contributed by atoms with E-state index in [0.717, 1.165) is 11.6 Å². The van der Waals surface area contributed by atoms with E-state index in [1.807, 2.05) is 42.1 Å². The quantitative estimate of drug-likeness (QED) is 0.659. The number of aryl methyl sites for hydroxylation is 2. The van der Waals surface area contributed by atoms with Gasteiger partial charge in [-0.25, -0.2) is 23.4 Å². The Morgan fingerprint density at radius 3 is 2.30 bits per heavy atom. The summed E-state index contributed by atoms with van der Waals surface area (Å²) in [5.41, 5.74) is 0. The van der Waals surface area contributed by atoms with E-state index in [4.69, 9.17) is 0 Å². The maximum atomic E-state index is 12.7. The Labute approximate surface area is 158 Å². The summed E-state index contributed by atoms with van der Waals surface area (Å²) in [4.78, 5) is 15.1. The van der Waals surface area contributed by atoms with Crippen LogP contribution in [0.5, 0.6) is 0 Å². The van der Waals surface area contributed by atoms with Gasteiger partial charge >= 0.3 is 0 Å². The van der Waals surface area contributed by atoms with Crippen LogP contribution in [0.3, 0.4) is 0 Å². The average Bonchev–Trinajstić information content (AvgIpc) is 3.33. The van der Waals surface area contributed by atoms with Gasteiger partial charge in [0.05, 0.1) is 6.33 Å². The molecule has 3 aromatic rings. The lowest BCUT2D eigenvalue weighted by Gasteiger charge is -2.34. The van der Waals surface area contributed by atoms with Crippen molar-refractivity contribution in [2.24, 2.45) is 7.05 Å². The van der Waals surface area contributed by atoms with Crippen molar-refractivity contribution in [2.75, 3.05) is 31.1 Å². The fourth-order valence-electron chi connectivity index (χ4n) is 3.13. The van der Waals surface area contributed by atoms with E-state index in [1.54, 1.807) is 11.6 Å². The first kappa shape index (κ1) is 17.7. The van der Waals surface area contributed by atoms with Gasteiger partial charge in [0.1, 0.15) is 17.5 Å². The molecule has 0 spiro atoms. The van der Waals surface area contributed by atoms with Gasteiger partial charge in [-0.05, 0) is 19.1 Å². The highest BCUT2D eigenvalue weighted by Gasteiger charge is 2.30. The van der Waals surface area contributed by atoms with Crippen LogP contribution in [0.1, 0.15) is 5.82 Å². The average molecular weight is 387 g/mol. The molecule has 0 saturated carbocycles. The summed E-state index contributed by atoms with van der Waals surface area (Å²) in [6.45, 7) is 3.77. The van der Waals surface area contributed by atoms with Crippen LogP contribution < -0.4 is 4.90 Å². The molecule has 1 saturated heterocycles. The minimum Gasteiger partial charge on any atom is -0.354 e. The molecule has 0 radical (unpaired) electrons. The molecule has 3 aromatic heterocycles. The highest BCUT2D eigenvalue weighted by atomic mass is 32.2. The van der Waals surface area contributed by atoms with Crippen molar-refractivity contribution in [1.29, 1.82) is 0 Å². The number of sulfonamides is 1. The van der Waals surface area contributed by atoms with Gasteiger partial charge in [0.15, 0.2) is 5.03 Å². The number of nitrogens with zero attached hydrogens (tertiary/aromatic N) is 7. The van der Waals surface area contributed by atoms with Crippen molar-refractivity contribution >= 4 is 15.8 Å². The molecule has 1 aliphatic rings. The Hall–Kier alpha value is -2.72. The predicted octanol–water partition coefficient (Wildman–Crippen LogP) is 0.820. The summed E-state index contributed by atoms with van der Waals surface area (Å²) >= 11 is 0. The molecule has 0 amide bonds. The minimum atomic E-state index is -3.56. The summed E-state index contributed by atoms with van der Waals surface area (Å²) in [5, 5.41) is 0.0891. The molecule has 142 valence electrons. The van der Waals surface area contributed by atoms with Gasteiger partial charge in [-0.2, -0.15) is 4.31 Å². The van der Waals surface area contributed by atoms with Gasteiger partial charge in [-0.3, -0.25) is 0 Å². The first-order valence-electron chi connectivity index (χ1n) is 8.65. The first-order valence-corrected chi connectivity index (χ1v) is 10.1. The number of rotatable bonds is 4. The molecule has 1 aliphatic heterocycles. The van der Waals surface area contributed by atoms with E-state index in [1.165, 1.54) is 16.8 Å². The third kappa shape index (κ3) is 3.45. The summed E-state index contributed by atoms with van der Waals surface area (Å²) in [6.07, 6.45) is 6.89. The van der Waals surface area contributed by atoms with E-state index < -0.39 is 10.0 Å². The zero-order chi connectivity index (χ0) is 19.0. The van der Waals surface area contributed by atoms with Crippen molar-refractivity contribution in [3.8, 4) is 5.82 Å². The second-order valence-electron chi connectivity index (χ2n) is 6.49.